The maximum atomic E-state index is 12.9. The van der Waals surface area contributed by atoms with Crippen LogP contribution in [0.15, 0.2) is 66.9 Å². The minimum Gasteiger partial charge on any atom is -0.354 e. The van der Waals surface area contributed by atoms with Gasteiger partial charge in [-0.25, -0.2) is 9.97 Å². The number of fused-ring (bicyclic) bond motifs is 1. The van der Waals surface area contributed by atoms with E-state index >= 15 is 0 Å². The van der Waals surface area contributed by atoms with Crippen LogP contribution < -0.4 is 10.2 Å². The molecule has 0 radical (unpaired) electrons. The lowest BCUT2D eigenvalue weighted by atomic mass is 10.1. The van der Waals surface area contributed by atoms with Crippen molar-refractivity contribution in [1.82, 2.24) is 19.4 Å². The molecule has 2 aromatic carbocycles. The molecule has 0 aliphatic carbocycles. The van der Waals surface area contributed by atoms with Crippen LogP contribution in [0.25, 0.3) is 16.7 Å². The summed E-state index contributed by atoms with van der Waals surface area (Å²) in [5, 5.41) is 2.95. The fourth-order valence-electron chi connectivity index (χ4n) is 4.13. The molecule has 162 valence electrons. The lowest BCUT2D eigenvalue weighted by Crippen LogP contribution is -2.44. The minimum atomic E-state index is -0.173. The number of likely N-dealkylation sites (N-methyl/N-ethyl adjacent to an activating group) is 1. The van der Waals surface area contributed by atoms with Crippen molar-refractivity contribution in [3.63, 3.8) is 0 Å². The molecule has 1 saturated heterocycles. The predicted molar refractivity (Wildman–Crippen MR) is 128 cm³/mol. The van der Waals surface area contributed by atoms with Gasteiger partial charge in [0.15, 0.2) is 0 Å². The van der Waals surface area contributed by atoms with Gasteiger partial charge < -0.3 is 15.1 Å². The number of amides is 1. The Labute approximate surface area is 187 Å². The van der Waals surface area contributed by atoms with Crippen LogP contribution in [0.1, 0.15) is 16.2 Å². The quantitative estimate of drug-likeness (QED) is 0.539. The van der Waals surface area contributed by atoms with Crippen molar-refractivity contribution in [2.75, 3.05) is 43.4 Å². The number of anilines is 2. The van der Waals surface area contributed by atoms with Gasteiger partial charge in [0.05, 0.1) is 22.9 Å². The number of hydrogen-bond donors (Lipinski definition) is 1. The highest BCUT2D eigenvalue weighted by Gasteiger charge is 2.16. The molecule has 1 aliphatic rings. The predicted octanol–water partition coefficient (Wildman–Crippen LogP) is 3.73. The van der Waals surface area contributed by atoms with Gasteiger partial charge in [-0.15, -0.1) is 0 Å². The van der Waals surface area contributed by atoms with Gasteiger partial charge in [-0.3, -0.25) is 9.36 Å². The van der Waals surface area contributed by atoms with Crippen molar-refractivity contribution in [3.05, 3.63) is 78.2 Å². The van der Waals surface area contributed by atoms with E-state index in [0.29, 0.717) is 11.3 Å². The Morgan fingerprint density at radius 2 is 1.75 bits per heavy atom. The third-order valence-electron chi connectivity index (χ3n) is 5.93. The van der Waals surface area contributed by atoms with Crippen LogP contribution in [0, 0.1) is 6.92 Å². The standard InChI is InChI=1S/C25H26N6O/c1-18-27-22-16-19(8-10-23(22)31(18)21-6-4-3-5-7-21)25(32)28-20-9-11-24(26-17-20)30-14-12-29(2)13-15-30/h3-11,16-17H,12-15H2,1-2H3,(H,28,32). The summed E-state index contributed by atoms with van der Waals surface area (Å²) in [6.45, 7) is 5.96. The molecule has 1 amide bonds. The van der Waals surface area contributed by atoms with E-state index in [1.165, 1.54) is 0 Å². The largest absolute Gasteiger partial charge is 0.354 e. The molecule has 0 atom stereocenters. The Hall–Kier alpha value is -3.71. The fourth-order valence-corrected chi connectivity index (χ4v) is 4.13. The Morgan fingerprint density at radius 1 is 0.969 bits per heavy atom. The Balaban J connectivity index is 1.33. The van der Waals surface area contributed by atoms with Gasteiger partial charge in [-0.2, -0.15) is 0 Å². The first kappa shape index (κ1) is 20.2. The van der Waals surface area contributed by atoms with E-state index < -0.39 is 0 Å². The van der Waals surface area contributed by atoms with Crippen LogP contribution in [-0.2, 0) is 0 Å². The molecular weight excluding hydrogens is 400 g/mol. The third-order valence-corrected chi connectivity index (χ3v) is 5.93. The lowest BCUT2D eigenvalue weighted by Gasteiger charge is -2.33. The number of pyridine rings is 1. The van der Waals surface area contributed by atoms with Gasteiger partial charge >= 0.3 is 0 Å². The van der Waals surface area contributed by atoms with Crippen molar-refractivity contribution in [2.24, 2.45) is 0 Å². The van der Waals surface area contributed by atoms with Crippen molar-refractivity contribution in [1.29, 1.82) is 0 Å². The van der Waals surface area contributed by atoms with Crippen molar-refractivity contribution in [2.45, 2.75) is 6.92 Å². The summed E-state index contributed by atoms with van der Waals surface area (Å²) < 4.78 is 2.10. The molecule has 1 N–H and O–H groups in total. The second-order valence-corrected chi connectivity index (χ2v) is 8.18. The van der Waals surface area contributed by atoms with Crippen LogP contribution in [-0.4, -0.2) is 58.6 Å². The number of rotatable bonds is 4. The highest BCUT2D eigenvalue weighted by molar-refractivity contribution is 6.06. The molecule has 0 unspecified atom stereocenters. The summed E-state index contributed by atoms with van der Waals surface area (Å²) in [4.78, 5) is 26.7. The highest BCUT2D eigenvalue weighted by Crippen LogP contribution is 2.23. The zero-order valence-electron chi connectivity index (χ0n) is 18.3. The number of para-hydroxylation sites is 1. The Kier molecular flexibility index (Phi) is 5.33. The van der Waals surface area contributed by atoms with E-state index in [1.54, 1.807) is 6.20 Å². The molecule has 0 spiro atoms. The monoisotopic (exact) mass is 426 g/mol. The maximum Gasteiger partial charge on any atom is 0.255 e. The number of carbonyl (C=O) groups excluding carboxylic acids is 1. The molecule has 7 nitrogen and oxygen atoms in total. The zero-order chi connectivity index (χ0) is 22.1. The SMILES string of the molecule is Cc1nc2cc(C(=O)Nc3ccc(N4CCN(C)CC4)nc3)ccc2n1-c1ccccc1. The lowest BCUT2D eigenvalue weighted by molar-refractivity contribution is 0.102. The summed E-state index contributed by atoms with van der Waals surface area (Å²) in [6.07, 6.45) is 1.72. The number of piperazine rings is 1. The second-order valence-electron chi connectivity index (χ2n) is 8.18. The van der Waals surface area contributed by atoms with E-state index in [9.17, 15) is 4.79 Å². The first-order chi connectivity index (χ1) is 15.6. The van der Waals surface area contributed by atoms with Gasteiger partial charge in [0.25, 0.3) is 5.91 Å². The third kappa shape index (κ3) is 3.94. The first-order valence-corrected chi connectivity index (χ1v) is 10.8. The first-order valence-electron chi connectivity index (χ1n) is 10.8. The minimum absolute atomic E-state index is 0.173. The fraction of sp³-hybridized carbons (Fsp3) is 0.240. The maximum absolute atomic E-state index is 12.9. The van der Waals surface area contributed by atoms with Crippen molar-refractivity contribution < 1.29 is 4.79 Å². The molecule has 4 aromatic rings. The molecule has 1 fully saturated rings. The summed E-state index contributed by atoms with van der Waals surface area (Å²) in [6, 6.07) is 19.6. The van der Waals surface area contributed by atoms with E-state index in [2.05, 4.69) is 36.7 Å². The molecule has 3 heterocycles. The normalized spacial score (nSPS) is 14.6. The van der Waals surface area contributed by atoms with Gasteiger partial charge in [0.1, 0.15) is 11.6 Å². The molecule has 0 saturated carbocycles. The smallest absolute Gasteiger partial charge is 0.255 e. The average molecular weight is 427 g/mol. The van der Waals surface area contributed by atoms with E-state index in [-0.39, 0.29) is 5.91 Å². The van der Waals surface area contributed by atoms with E-state index in [1.807, 2.05) is 67.6 Å². The average Bonchev–Trinajstić information content (AvgIpc) is 3.15. The summed E-state index contributed by atoms with van der Waals surface area (Å²) in [7, 11) is 2.13. The second kappa shape index (κ2) is 8.43. The van der Waals surface area contributed by atoms with Crippen LogP contribution >= 0.6 is 0 Å². The van der Waals surface area contributed by atoms with Crippen LogP contribution in [0.4, 0.5) is 11.5 Å². The molecule has 7 heteroatoms. The van der Waals surface area contributed by atoms with Crippen LogP contribution in [0.3, 0.4) is 0 Å². The number of imidazole rings is 1. The molecule has 5 rings (SSSR count). The zero-order valence-corrected chi connectivity index (χ0v) is 18.3. The highest BCUT2D eigenvalue weighted by atomic mass is 16.1. The van der Waals surface area contributed by atoms with Gasteiger partial charge in [-0.05, 0) is 56.4 Å². The summed E-state index contributed by atoms with van der Waals surface area (Å²) in [5.74, 6) is 1.65. The van der Waals surface area contributed by atoms with Gasteiger partial charge in [0.2, 0.25) is 0 Å². The van der Waals surface area contributed by atoms with Crippen LogP contribution in [0.5, 0.6) is 0 Å². The molecule has 32 heavy (non-hydrogen) atoms. The number of nitrogens with zero attached hydrogens (tertiary/aromatic N) is 5. The number of carbonyl (C=O) groups is 1. The van der Waals surface area contributed by atoms with E-state index in [4.69, 9.17) is 0 Å². The Morgan fingerprint density at radius 3 is 2.47 bits per heavy atom. The molecular formula is C25H26N6O. The van der Waals surface area contributed by atoms with Crippen LogP contribution in [0.2, 0.25) is 0 Å². The number of benzene rings is 2. The topological polar surface area (TPSA) is 66.3 Å². The number of aryl methyl sites for hydroxylation is 1. The van der Waals surface area contributed by atoms with E-state index in [0.717, 1.165) is 54.5 Å². The van der Waals surface area contributed by atoms with Crippen molar-refractivity contribution in [3.8, 4) is 5.69 Å². The summed E-state index contributed by atoms with van der Waals surface area (Å²) >= 11 is 0. The Bertz CT molecular complexity index is 1240. The summed E-state index contributed by atoms with van der Waals surface area (Å²) in [5.41, 5.74) is 4.07. The van der Waals surface area contributed by atoms with Gasteiger partial charge in [-0.1, -0.05) is 18.2 Å². The number of aromatic nitrogens is 3. The number of hydrogen-bond acceptors (Lipinski definition) is 5. The molecule has 2 aromatic heterocycles. The van der Waals surface area contributed by atoms with Crippen molar-refractivity contribution >= 4 is 28.4 Å². The van der Waals surface area contributed by atoms with Gasteiger partial charge in [0, 0.05) is 37.4 Å². The molecule has 1 aliphatic heterocycles. The number of nitrogens with one attached hydrogen (secondary N) is 1. The molecule has 0 bridgehead atoms.